The Kier molecular flexibility index (Phi) is 6.89. The molecule has 4 aromatic rings. The van der Waals surface area contributed by atoms with E-state index in [9.17, 15) is 4.79 Å². The molecular weight excluding hydrogens is 424 g/mol. The Labute approximate surface area is 199 Å². The quantitative estimate of drug-likeness (QED) is 0.423. The van der Waals surface area contributed by atoms with Crippen molar-refractivity contribution in [2.24, 2.45) is 0 Å². The number of pyridine rings is 2. The molecule has 1 saturated heterocycles. The number of amides is 1. The number of hydrogen-bond acceptors (Lipinski definition) is 5. The molecule has 1 aliphatic rings. The Balaban J connectivity index is 1.36. The Morgan fingerprint density at radius 1 is 0.853 bits per heavy atom. The first-order chi connectivity index (χ1) is 16.7. The van der Waals surface area contributed by atoms with Gasteiger partial charge in [0.15, 0.2) is 0 Å². The number of nitrogens with zero attached hydrogens (tertiary/aromatic N) is 4. The summed E-state index contributed by atoms with van der Waals surface area (Å²) in [4.78, 5) is 26.1. The van der Waals surface area contributed by atoms with Crippen LogP contribution in [0.15, 0.2) is 91.4 Å². The lowest BCUT2D eigenvalue weighted by atomic mass is 10.1. The fraction of sp³-hybridized carbons (Fsp3) is 0.250. The molecule has 1 fully saturated rings. The molecule has 1 aliphatic heterocycles. The van der Waals surface area contributed by atoms with Gasteiger partial charge in [0.1, 0.15) is 0 Å². The van der Waals surface area contributed by atoms with Crippen molar-refractivity contribution in [1.29, 1.82) is 0 Å². The summed E-state index contributed by atoms with van der Waals surface area (Å²) < 4.78 is 6.33. The van der Waals surface area contributed by atoms with E-state index in [1.807, 2.05) is 65.8 Å². The minimum Gasteiger partial charge on any atom is -0.370 e. The number of rotatable bonds is 7. The van der Waals surface area contributed by atoms with Crippen LogP contribution in [0.25, 0.3) is 10.9 Å². The topological polar surface area (TPSA) is 58.6 Å². The molecule has 6 heteroatoms. The third-order valence-electron chi connectivity index (χ3n) is 6.15. The van der Waals surface area contributed by atoms with Gasteiger partial charge in [0.2, 0.25) is 5.91 Å². The van der Waals surface area contributed by atoms with E-state index >= 15 is 0 Å². The molecular formula is C28H28N4O2. The lowest BCUT2D eigenvalue weighted by Crippen LogP contribution is -2.37. The zero-order chi connectivity index (χ0) is 23.2. The highest BCUT2D eigenvalue weighted by atomic mass is 16.5. The van der Waals surface area contributed by atoms with E-state index in [0.29, 0.717) is 39.3 Å². The standard InChI is InChI=1S/C28H28N4O2/c33-28-20-31(17-24-10-4-12-27-26(24)11-6-14-30-27)18-25(34-21-23-9-5-13-29-15-23)19-32(28)16-22-7-2-1-3-8-22/h1-15,25H,16-21H2/t25-/m0/s1. The summed E-state index contributed by atoms with van der Waals surface area (Å²) in [5.74, 6) is 0.120. The molecule has 0 spiro atoms. The summed E-state index contributed by atoms with van der Waals surface area (Å²) in [6, 6.07) is 24.3. The Hall–Kier alpha value is -3.61. The monoisotopic (exact) mass is 452 g/mol. The molecule has 5 rings (SSSR count). The molecule has 0 N–H and O–H groups in total. The van der Waals surface area contributed by atoms with E-state index in [1.165, 1.54) is 5.56 Å². The van der Waals surface area contributed by atoms with Gasteiger partial charge in [-0.15, -0.1) is 0 Å². The normalized spacial score (nSPS) is 17.1. The Morgan fingerprint density at radius 2 is 1.71 bits per heavy atom. The summed E-state index contributed by atoms with van der Waals surface area (Å²) >= 11 is 0. The Morgan fingerprint density at radius 3 is 2.56 bits per heavy atom. The highest BCUT2D eigenvalue weighted by Gasteiger charge is 2.29. The van der Waals surface area contributed by atoms with Gasteiger partial charge in [0, 0.05) is 50.2 Å². The van der Waals surface area contributed by atoms with Gasteiger partial charge >= 0.3 is 0 Å². The van der Waals surface area contributed by atoms with Crippen molar-refractivity contribution in [3.63, 3.8) is 0 Å². The zero-order valence-corrected chi connectivity index (χ0v) is 19.1. The number of benzene rings is 2. The number of carbonyl (C=O) groups is 1. The number of aromatic nitrogens is 2. The highest BCUT2D eigenvalue weighted by Crippen LogP contribution is 2.21. The second-order valence-electron chi connectivity index (χ2n) is 8.71. The van der Waals surface area contributed by atoms with E-state index in [1.54, 1.807) is 6.20 Å². The number of ether oxygens (including phenoxy) is 1. The maximum absolute atomic E-state index is 13.3. The fourth-order valence-corrected chi connectivity index (χ4v) is 4.47. The molecule has 1 atom stereocenters. The third-order valence-corrected chi connectivity index (χ3v) is 6.15. The van der Waals surface area contributed by atoms with Gasteiger partial charge in [0.05, 0.1) is 24.8 Å². The number of fused-ring (bicyclic) bond motifs is 1. The van der Waals surface area contributed by atoms with Gasteiger partial charge < -0.3 is 9.64 Å². The van der Waals surface area contributed by atoms with Crippen LogP contribution < -0.4 is 0 Å². The van der Waals surface area contributed by atoms with E-state index in [0.717, 1.165) is 22.0 Å². The molecule has 172 valence electrons. The average molecular weight is 453 g/mol. The van der Waals surface area contributed by atoms with Crippen LogP contribution in [0.2, 0.25) is 0 Å². The van der Waals surface area contributed by atoms with Crippen molar-refractivity contribution < 1.29 is 9.53 Å². The predicted octanol–water partition coefficient (Wildman–Crippen LogP) is 4.06. The molecule has 6 nitrogen and oxygen atoms in total. The van der Waals surface area contributed by atoms with Crippen molar-refractivity contribution in [2.75, 3.05) is 19.6 Å². The highest BCUT2D eigenvalue weighted by molar-refractivity contribution is 5.82. The minimum absolute atomic E-state index is 0.108. The summed E-state index contributed by atoms with van der Waals surface area (Å²) in [6.45, 7) is 3.31. The van der Waals surface area contributed by atoms with E-state index in [-0.39, 0.29) is 12.0 Å². The van der Waals surface area contributed by atoms with Gasteiger partial charge in [-0.3, -0.25) is 19.7 Å². The first kappa shape index (κ1) is 22.2. The third kappa shape index (κ3) is 5.47. The first-order valence-corrected chi connectivity index (χ1v) is 11.6. The van der Waals surface area contributed by atoms with Crippen LogP contribution in [0.4, 0.5) is 0 Å². The van der Waals surface area contributed by atoms with Crippen molar-refractivity contribution in [3.05, 3.63) is 108 Å². The largest absolute Gasteiger partial charge is 0.370 e. The summed E-state index contributed by atoms with van der Waals surface area (Å²) in [5, 5.41) is 1.12. The fourth-order valence-electron chi connectivity index (χ4n) is 4.47. The maximum atomic E-state index is 13.3. The molecule has 0 radical (unpaired) electrons. The van der Waals surface area contributed by atoms with Gasteiger partial charge in [-0.05, 0) is 34.9 Å². The first-order valence-electron chi connectivity index (χ1n) is 11.6. The molecule has 0 saturated carbocycles. The SMILES string of the molecule is O=C1CN(Cc2cccc3ncccc23)C[C@H](OCc2cccnc2)CN1Cc1ccccc1. The van der Waals surface area contributed by atoms with E-state index < -0.39 is 0 Å². The second-order valence-corrected chi connectivity index (χ2v) is 8.71. The second kappa shape index (κ2) is 10.5. The van der Waals surface area contributed by atoms with Crippen molar-refractivity contribution >= 4 is 16.8 Å². The summed E-state index contributed by atoms with van der Waals surface area (Å²) in [7, 11) is 0. The predicted molar refractivity (Wildman–Crippen MR) is 132 cm³/mol. The molecule has 1 amide bonds. The van der Waals surface area contributed by atoms with Crippen LogP contribution in [-0.2, 0) is 29.2 Å². The average Bonchev–Trinajstić information content (AvgIpc) is 3.02. The molecule has 0 bridgehead atoms. The molecule has 2 aromatic carbocycles. The lowest BCUT2D eigenvalue weighted by Gasteiger charge is -2.25. The van der Waals surface area contributed by atoms with Crippen LogP contribution in [0.1, 0.15) is 16.7 Å². The minimum atomic E-state index is -0.108. The van der Waals surface area contributed by atoms with Gasteiger partial charge in [-0.25, -0.2) is 0 Å². The molecule has 2 aromatic heterocycles. The lowest BCUT2D eigenvalue weighted by molar-refractivity contribution is -0.132. The van der Waals surface area contributed by atoms with Crippen LogP contribution >= 0.6 is 0 Å². The van der Waals surface area contributed by atoms with Crippen molar-refractivity contribution in [2.45, 2.75) is 25.8 Å². The molecule has 0 aliphatic carbocycles. The van der Waals surface area contributed by atoms with Gasteiger partial charge in [-0.1, -0.05) is 54.6 Å². The van der Waals surface area contributed by atoms with Crippen LogP contribution in [-0.4, -0.2) is 51.4 Å². The van der Waals surface area contributed by atoms with Crippen molar-refractivity contribution in [3.8, 4) is 0 Å². The molecule has 3 heterocycles. The number of hydrogen-bond donors (Lipinski definition) is 0. The maximum Gasteiger partial charge on any atom is 0.237 e. The molecule has 34 heavy (non-hydrogen) atoms. The van der Waals surface area contributed by atoms with Gasteiger partial charge in [0.25, 0.3) is 0 Å². The summed E-state index contributed by atoms with van der Waals surface area (Å²) in [5.41, 5.74) is 4.28. The van der Waals surface area contributed by atoms with E-state index in [2.05, 4.69) is 39.1 Å². The van der Waals surface area contributed by atoms with Gasteiger partial charge in [-0.2, -0.15) is 0 Å². The smallest absolute Gasteiger partial charge is 0.237 e. The number of carbonyl (C=O) groups excluding carboxylic acids is 1. The van der Waals surface area contributed by atoms with Crippen LogP contribution in [0.3, 0.4) is 0 Å². The summed E-state index contributed by atoms with van der Waals surface area (Å²) in [6.07, 6.45) is 5.29. The Bertz CT molecular complexity index is 1230. The zero-order valence-electron chi connectivity index (χ0n) is 19.1. The van der Waals surface area contributed by atoms with E-state index in [4.69, 9.17) is 4.74 Å². The van der Waals surface area contributed by atoms with Crippen molar-refractivity contribution in [1.82, 2.24) is 19.8 Å². The van der Waals surface area contributed by atoms with Crippen LogP contribution in [0.5, 0.6) is 0 Å². The molecule has 0 unspecified atom stereocenters. The van der Waals surface area contributed by atoms with Crippen LogP contribution in [0, 0.1) is 0 Å².